The van der Waals surface area contributed by atoms with Crippen molar-refractivity contribution in [3.8, 4) is 5.75 Å². The van der Waals surface area contributed by atoms with Gasteiger partial charge in [0.1, 0.15) is 12.4 Å². The first-order valence-corrected chi connectivity index (χ1v) is 12.3. The van der Waals surface area contributed by atoms with Gasteiger partial charge in [0, 0.05) is 18.7 Å². The molecule has 4 heteroatoms. The van der Waals surface area contributed by atoms with Crippen LogP contribution in [0.5, 0.6) is 5.75 Å². The zero-order valence-corrected chi connectivity index (χ0v) is 20.2. The standard InChI is InChI=1S/C30H34N2O2/c1-3-32(4-2)30(33)26-15-13-24(14-16-26)29(25-17-19-31-20-18-25)27-11-8-12-28(21-27)34-22-23-9-6-5-7-10-23/h5-16,21,31H,3-4,17-20,22H2,1-2H3. The van der Waals surface area contributed by atoms with E-state index in [4.69, 9.17) is 4.74 Å². The molecule has 0 atom stereocenters. The molecule has 1 amide bonds. The Bertz CT molecular complexity index is 1110. The normalized spacial score (nSPS) is 13.4. The maximum Gasteiger partial charge on any atom is 0.253 e. The second-order valence-corrected chi connectivity index (χ2v) is 8.59. The first-order chi connectivity index (χ1) is 16.7. The minimum absolute atomic E-state index is 0.0870. The summed E-state index contributed by atoms with van der Waals surface area (Å²) >= 11 is 0. The van der Waals surface area contributed by atoms with Crippen molar-refractivity contribution in [3.05, 3.63) is 107 Å². The summed E-state index contributed by atoms with van der Waals surface area (Å²) < 4.78 is 6.12. The van der Waals surface area contributed by atoms with Gasteiger partial charge in [0.25, 0.3) is 5.91 Å². The van der Waals surface area contributed by atoms with Gasteiger partial charge in [0.2, 0.25) is 0 Å². The smallest absolute Gasteiger partial charge is 0.253 e. The number of amides is 1. The Morgan fingerprint density at radius 1 is 0.824 bits per heavy atom. The summed E-state index contributed by atoms with van der Waals surface area (Å²) in [6, 6.07) is 26.7. The highest BCUT2D eigenvalue weighted by atomic mass is 16.5. The molecule has 1 saturated heterocycles. The fourth-order valence-corrected chi connectivity index (χ4v) is 4.51. The molecular weight excluding hydrogens is 420 g/mol. The lowest BCUT2D eigenvalue weighted by Crippen LogP contribution is -2.30. The molecule has 3 aromatic rings. The zero-order chi connectivity index (χ0) is 23.8. The molecule has 1 fully saturated rings. The predicted octanol–water partition coefficient (Wildman–Crippen LogP) is 5.93. The Kier molecular flexibility index (Phi) is 8.16. The number of nitrogens with one attached hydrogen (secondary N) is 1. The first-order valence-electron chi connectivity index (χ1n) is 12.3. The number of carbonyl (C=O) groups is 1. The lowest BCUT2D eigenvalue weighted by Gasteiger charge is -2.22. The third kappa shape index (κ3) is 5.75. The summed E-state index contributed by atoms with van der Waals surface area (Å²) in [6.45, 7) is 7.99. The summed E-state index contributed by atoms with van der Waals surface area (Å²) in [5.74, 6) is 0.950. The number of nitrogens with zero attached hydrogens (tertiary/aromatic N) is 1. The fraction of sp³-hybridized carbons (Fsp3) is 0.300. The van der Waals surface area contributed by atoms with Crippen LogP contribution in [-0.2, 0) is 6.61 Å². The molecule has 0 unspecified atom stereocenters. The third-order valence-corrected chi connectivity index (χ3v) is 6.40. The van der Waals surface area contributed by atoms with E-state index in [9.17, 15) is 4.79 Å². The van der Waals surface area contributed by atoms with Crippen LogP contribution < -0.4 is 10.1 Å². The minimum Gasteiger partial charge on any atom is -0.489 e. The van der Waals surface area contributed by atoms with Crippen molar-refractivity contribution in [1.29, 1.82) is 0 Å². The predicted molar refractivity (Wildman–Crippen MR) is 139 cm³/mol. The van der Waals surface area contributed by atoms with E-state index < -0.39 is 0 Å². The van der Waals surface area contributed by atoms with Gasteiger partial charge in [-0.3, -0.25) is 4.79 Å². The third-order valence-electron chi connectivity index (χ3n) is 6.40. The number of carbonyl (C=O) groups excluding carboxylic acids is 1. The largest absolute Gasteiger partial charge is 0.489 e. The minimum atomic E-state index is 0.0870. The second-order valence-electron chi connectivity index (χ2n) is 8.59. The zero-order valence-electron chi connectivity index (χ0n) is 20.2. The molecule has 0 aliphatic carbocycles. The fourth-order valence-electron chi connectivity index (χ4n) is 4.51. The van der Waals surface area contributed by atoms with Gasteiger partial charge in [-0.05, 0) is 86.3 Å². The number of ether oxygens (including phenoxy) is 1. The van der Waals surface area contributed by atoms with Crippen molar-refractivity contribution in [2.24, 2.45) is 0 Å². The monoisotopic (exact) mass is 454 g/mol. The van der Waals surface area contributed by atoms with Crippen LogP contribution in [-0.4, -0.2) is 37.0 Å². The molecule has 0 bridgehead atoms. The number of rotatable bonds is 8. The average Bonchev–Trinajstić information content (AvgIpc) is 2.90. The molecule has 176 valence electrons. The highest BCUT2D eigenvalue weighted by Crippen LogP contribution is 2.33. The van der Waals surface area contributed by atoms with E-state index in [-0.39, 0.29) is 5.91 Å². The molecule has 0 saturated carbocycles. The Morgan fingerprint density at radius 3 is 2.18 bits per heavy atom. The van der Waals surface area contributed by atoms with Crippen molar-refractivity contribution in [2.75, 3.05) is 26.2 Å². The first kappa shape index (κ1) is 23.8. The average molecular weight is 455 g/mol. The van der Waals surface area contributed by atoms with E-state index in [1.165, 1.54) is 11.1 Å². The van der Waals surface area contributed by atoms with Crippen molar-refractivity contribution in [1.82, 2.24) is 10.2 Å². The van der Waals surface area contributed by atoms with Gasteiger partial charge in [-0.25, -0.2) is 0 Å². The van der Waals surface area contributed by atoms with Gasteiger partial charge in [-0.2, -0.15) is 0 Å². The number of hydrogen-bond acceptors (Lipinski definition) is 3. The molecule has 4 nitrogen and oxygen atoms in total. The molecule has 0 aromatic heterocycles. The van der Waals surface area contributed by atoms with Gasteiger partial charge >= 0.3 is 0 Å². The summed E-state index contributed by atoms with van der Waals surface area (Å²) in [5.41, 5.74) is 6.90. The van der Waals surface area contributed by atoms with E-state index in [0.29, 0.717) is 6.61 Å². The topological polar surface area (TPSA) is 41.6 Å². The van der Waals surface area contributed by atoms with Crippen LogP contribution in [0.2, 0.25) is 0 Å². The molecule has 1 aliphatic rings. The second kappa shape index (κ2) is 11.7. The Labute approximate surface area is 203 Å². The molecule has 3 aromatic carbocycles. The van der Waals surface area contributed by atoms with E-state index in [2.05, 4.69) is 47.8 Å². The Balaban J connectivity index is 1.63. The maximum atomic E-state index is 12.8. The molecule has 0 radical (unpaired) electrons. The Morgan fingerprint density at radius 2 is 1.50 bits per heavy atom. The summed E-state index contributed by atoms with van der Waals surface area (Å²) in [6.07, 6.45) is 2.04. The van der Waals surface area contributed by atoms with Gasteiger partial charge in [-0.1, -0.05) is 60.2 Å². The summed E-state index contributed by atoms with van der Waals surface area (Å²) in [7, 11) is 0. The van der Waals surface area contributed by atoms with Crippen LogP contribution in [0.15, 0.2) is 84.4 Å². The SMILES string of the molecule is CCN(CC)C(=O)c1ccc(C(=C2CCNCC2)c2cccc(OCc3ccccc3)c2)cc1. The highest BCUT2D eigenvalue weighted by Gasteiger charge is 2.17. The van der Waals surface area contributed by atoms with E-state index in [0.717, 1.165) is 67.0 Å². The number of hydrogen-bond donors (Lipinski definition) is 1. The van der Waals surface area contributed by atoms with Gasteiger partial charge in [0.15, 0.2) is 0 Å². The number of piperidine rings is 1. The van der Waals surface area contributed by atoms with Gasteiger partial charge in [-0.15, -0.1) is 0 Å². The molecular formula is C30H34N2O2. The summed E-state index contributed by atoms with van der Waals surface area (Å²) in [4.78, 5) is 14.6. The quantitative estimate of drug-likeness (QED) is 0.458. The van der Waals surface area contributed by atoms with Crippen LogP contribution in [0.25, 0.3) is 5.57 Å². The van der Waals surface area contributed by atoms with E-state index >= 15 is 0 Å². The van der Waals surface area contributed by atoms with Crippen LogP contribution in [0.3, 0.4) is 0 Å². The maximum absolute atomic E-state index is 12.8. The Hall–Kier alpha value is -3.37. The van der Waals surface area contributed by atoms with Crippen molar-refractivity contribution < 1.29 is 9.53 Å². The van der Waals surface area contributed by atoms with Crippen molar-refractivity contribution in [2.45, 2.75) is 33.3 Å². The van der Waals surface area contributed by atoms with Crippen molar-refractivity contribution in [3.63, 3.8) is 0 Å². The van der Waals surface area contributed by atoms with Gasteiger partial charge in [0.05, 0.1) is 0 Å². The molecule has 0 spiro atoms. The van der Waals surface area contributed by atoms with Crippen molar-refractivity contribution >= 4 is 11.5 Å². The van der Waals surface area contributed by atoms with Crippen LogP contribution in [0, 0.1) is 0 Å². The van der Waals surface area contributed by atoms with Crippen LogP contribution in [0.1, 0.15) is 53.7 Å². The lowest BCUT2D eigenvalue weighted by atomic mass is 9.88. The highest BCUT2D eigenvalue weighted by molar-refractivity contribution is 5.95. The molecule has 34 heavy (non-hydrogen) atoms. The lowest BCUT2D eigenvalue weighted by molar-refractivity contribution is 0.0773. The van der Waals surface area contributed by atoms with E-state index in [1.807, 2.05) is 55.1 Å². The van der Waals surface area contributed by atoms with Crippen LogP contribution >= 0.6 is 0 Å². The molecule has 4 rings (SSSR count). The van der Waals surface area contributed by atoms with Crippen LogP contribution in [0.4, 0.5) is 0 Å². The molecule has 1 N–H and O–H groups in total. The summed E-state index contributed by atoms with van der Waals surface area (Å²) in [5, 5.41) is 3.46. The molecule has 1 aliphatic heterocycles. The van der Waals surface area contributed by atoms with E-state index in [1.54, 1.807) is 0 Å². The van der Waals surface area contributed by atoms with Gasteiger partial charge < -0.3 is 15.0 Å². The number of benzene rings is 3. The molecule has 1 heterocycles.